The van der Waals surface area contributed by atoms with E-state index in [1.165, 1.54) is 6.21 Å². The molecule has 23 heavy (non-hydrogen) atoms. The van der Waals surface area contributed by atoms with E-state index in [9.17, 15) is 4.79 Å². The van der Waals surface area contributed by atoms with Gasteiger partial charge >= 0.3 is 0 Å². The van der Waals surface area contributed by atoms with E-state index in [1.54, 1.807) is 25.3 Å². The Morgan fingerprint density at radius 3 is 2.70 bits per heavy atom. The molecule has 2 aromatic rings. The highest BCUT2D eigenvalue weighted by Gasteiger charge is 2.05. The zero-order valence-corrected chi connectivity index (χ0v) is 14.6. The fraction of sp³-hybridized carbons (Fsp3) is 0.125. The Bertz CT molecular complexity index is 705. The number of hydrogen-bond donors (Lipinski definition) is 1. The molecule has 0 saturated heterocycles. The van der Waals surface area contributed by atoms with Crippen molar-refractivity contribution in [1.29, 1.82) is 0 Å². The quantitative estimate of drug-likeness (QED) is 0.598. The Hall–Kier alpha value is -2.05. The SMILES string of the molecule is COc1ccc(/C=N/NC(=O)COc2ccc(Cl)cc2Br)cc1. The van der Waals surface area contributed by atoms with Gasteiger partial charge in [0.15, 0.2) is 6.61 Å². The number of benzene rings is 2. The summed E-state index contributed by atoms with van der Waals surface area (Å²) in [4.78, 5) is 11.7. The van der Waals surface area contributed by atoms with Crippen LogP contribution in [0.2, 0.25) is 5.02 Å². The zero-order chi connectivity index (χ0) is 16.7. The molecule has 0 radical (unpaired) electrons. The van der Waals surface area contributed by atoms with Crippen molar-refractivity contribution in [2.75, 3.05) is 13.7 Å². The predicted molar refractivity (Wildman–Crippen MR) is 93.4 cm³/mol. The summed E-state index contributed by atoms with van der Waals surface area (Å²) in [6.45, 7) is -0.153. The molecule has 2 rings (SSSR count). The first-order valence-electron chi connectivity index (χ1n) is 6.62. The molecule has 7 heteroatoms. The van der Waals surface area contributed by atoms with Crippen molar-refractivity contribution in [2.45, 2.75) is 0 Å². The molecule has 0 aliphatic carbocycles. The maximum absolute atomic E-state index is 11.7. The lowest BCUT2D eigenvalue weighted by molar-refractivity contribution is -0.123. The second-order valence-corrected chi connectivity index (χ2v) is 5.72. The Balaban J connectivity index is 1.81. The van der Waals surface area contributed by atoms with Crippen molar-refractivity contribution in [3.05, 3.63) is 57.5 Å². The van der Waals surface area contributed by atoms with E-state index in [2.05, 4.69) is 26.5 Å². The largest absolute Gasteiger partial charge is 0.497 e. The number of methoxy groups -OCH3 is 1. The molecule has 0 bridgehead atoms. The number of nitrogens with zero attached hydrogens (tertiary/aromatic N) is 1. The third kappa shape index (κ3) is 5.58. The molecular formula is C16H14BrClN2O3. The minimum Gasteiger partial charge on any atom is -0.497 e. The smallest absolute Gasteiger partial charge is 0.277 e. The number of rotatable bonds is 6. The molecule has 5 nitrogen and oxygen atoms in total. The van der Waals surface area contributed by atoms with Crippen molar-refractivity contribution >= 4 is 39.7 Å². The summed E-state index contributed by atoms with van der Waals surface area (Å²) in [6.07, 6.45) is 1.54. The van der Waals surface area contributed by atoms with Gasteiger partial charge in [0, 0.05) is 5.02 Å². The number of carbonyl (C=O) groups is 1. The molecule has 0 spiro atoms. The lowest BCUT2D eigenvalue weighted by Crippen LogP contribution is -2.24. The van der Waals surface area contributed by atoms with E-state index in [1.807, 2.05) is 24.3 Å². The molecule has 0 heterocycles. The van der Waals surface area contributed by atoms with Gasteiger partial charge < -0.3 is 9.47 Å². The van der Waals surface area contributed by atoms with Crippen molar-refractivity contribution in [2.24, 2.45) is 5.10 Å². The van der Waals surface area contributed by atoms with Crippen molar-refractivity contribution < 1.29 is 14.3 Å². The first kappa shape index (κ1) is 17.3. The Kier molecular flexibility index (Phi) is 6.43. The predicted octanol–water partition coefficient (Wildman–Crippen LogP) is 3.64. The monoisotopic (exact) mass is 396 g/mol. The fourth-order valence-electron chi connectivity index (χ4n) is 1.64. The standard InChI is InChI=1S/C16H14BrClN2O3/c1-22-13-5-2-11(3-6-13)9-19-20-16(21)10-23-15-7-4-12(18)8-14(15)17/h2-9H,10H2,1H3,(H,20,21)/b19-9+. The zero-order valence-electron chi connectivity index (χ0n) is 12.3. The van der Waals surface area contributed by atoms with Crippen LogP contribution in [-0.2, 0) is 4.79 Å². The van der Waals surface area contributed by atoms with Crippen LogP contribution >= 0.6 is 27.5 Å². The second kappa shape index (κ2) is 8.55. The van der Waals surface area contributed by atoms with E-state index < -0.39 is 0 Å². The maximum atomic E-state index is 11.7. The molecule has 0 fully saturated rings. The summed E-state index contributed by atoms with van der Waals surface area (Å²) in [5.74, 6) is 0.924. The maximum Gasteiger partial charge on any atom is 0.277 e. The van der Waals surface area contributed by atoms with Gasteiger partial charge in [0.1, 0.15) is 11.5 Å². The summed E-state index contributed by atoms with van der Waals surface area (Å²) in [7, 11) is 1.60. The Labute approximate surface area is 147 Å². The van der Waals surface area contributed by atoms with Gasteiger partial charge in [-0.1, -0.05) is 11.6 Å². The third-order valence-corrected chi connectivity index (χ3v) is 3.63. The van der Waals surface area contributed by atoms with Gasteiger partial charge in [-0.15, -0.1) is 0 Å². The minimum absolute atomic E-state index is 0.153. The topological polar surface area (TPSA) is 59.9 Å². The first-order chi connectivity index (χ1) is 11.1. The van der Waals surface area contributed by atoms with Crippen LogP contribution in [0, 0.1) is 0 Å². The molecular weight excluding hydrogens is 384 g/mol. The molecule has 1 N–H and O–H groups in total. The number of halogens is 2. The molecule has 0 aliphatic heterocycles. The summed E-state index contributed by atoms with van der Waals surface area (Å²) >= 11 is 9.14. The highest BCUT2D eigenvalue weighted by molar-refractivity contribution is 9.10. The van der Waals surface area contributed by atoms with Crippen LogP contribution in [0.5, 0.6) is 11.5 Å². The van der Waals surface area contributed by atoms with Crippen LogP contribution in [0.3, 0.4) is 0 Å². The van der Waals surface area contributed by atoms with Crippen LogP contribution in [0.4, 0.5) is 0 Å². The van der Waals surface area contributed by atoms with Crippen molar-refractivity contribution in [3.63, 3.8) is 0 Å². The van der Waals surface area contributed by atoms with Crippen LogP contribution in [0.1, 0.15) is 5.56 Å². The van der Waals surface area contributed by atoms with E-state index >= 15 is 0 Å². The Morgan fingerprint density at radius 1 is 1.30 bits per heavy atom. The summed E-state index contributed by atoms with van der Waals surface area (Å²) < 4.78 is 11.1. The lowest BCUT2D eigenvalue weighted by atomic mass is 10.2. The summed E-state index contributed by atoms with van der Waals surface area (Å²) in [6, 6.07) is 12.3. The van der Waals surface area contributed by atoms with Crippen LogP contribution in [0.25, 0.3) is 0 Å². The van der Waals surface area contributed by atoms with Gasteiger partial charge in [-0.3, -0.25) is 4.79 Å². The van der Waals surface area contributed by atoms with E-state index in [4.69, 9.17) is 21.1 Å². The van der Waals surface area contributed by atoms with Crippen LogP contribution < -0.4 is 14.9 Å². The molecule has 0 aliphatic rings. The van der Waals surface area contributed by atoms with Crippen LogP contribution in [0.15, 0.2) is 52.0 Å². The van der Waals surface area contributed by atoms with Gasteiger partial charge in [0.25, 0.3) is 5.91 Å². The number of ether oxygens (including phenoxy) is 2. The average molecular weight is 398 g/mol. The number of carbonyl (C=O) groups excluding carboxylic acids is 1. The van der Waals surface area contributed by atoms with Gasteiger partial charge in [-0.05, 0) is 64.0 Å². The van der Waals surface area contributed by atoms with Crippen molar-refractivity contribution in [1.82, 2.24) is 5.43 Å². The molecule has 0 saturated carbocycles. The number of nitrogens with one attached hydrogen (secondary N) is 1. The number of amides is 1. The van der Waals surface area contributed by atoms with Gasteiger partial charge in [0.05, 0.1) is 17.8 Å². The number of hydrogen-bond acceptors (Lipinski definition) is 4. The normalized spacial score (nSPS) is 10.6. The molecule has 0 unspecified atom stereocenters. The van der Waals surface area contributed by atoms with Gasteiger partial charge in [0.2, 0.25) is 0 Å². The summed E-state index contributed by atoms with van der Waals surface area (Å²) in [5.41, 5.74) is 3.23. The molecule has 120 valence electrons. The second-order valence-electron chi connectivity index (χ2n) is 4.43. The first-order valence-corrected chi connectivity index (χ1v) is 7.79. The molecule has 0 atom stereocenters. The highest BCUT2D eigenvalue weighted by Crippen LogP contribution is 2.27. The minimum atomic E-state index is -0.364. The Morgan fingerprint density at radius 2 is 2.04 bits per heavy atom. The molecule has 2 aromatic carbocycles. The molecule has 1 amide bonds. The highest BCUT2D eigenvalue weighted by atomic mass is 79.9. The van der Waals surface area contributed by atoms with Crippen LogP contribution in [-0.4, -0.2) is 25.8 Å². The fourth-order valence-corrected chi connectivity index (χ4v) is 2.43. The third-order valence-electron chi connectivity index (χ3n) is 2.77. The van der Waals surface area contributed by atoms with E-state index in [-0.39, 0.29) is 12.5 Å². The summed E-state index contributed by atoms with van der Waals surface area (Å²) in [5, 5.41) is 4.45. The lowest BCUT2D eigenvalue weighted by Gasteiger charge is -2.07. The average Bonchev–Trinajstić information content (AvgIpc) is 2.54. The van der Waals surface area contributed by atoms with E-state index in [0.29, 0.717) is 15.2 Å². The molecule has 0 aromatic heterocycles. The van der Waals surface area contributed by atoms with Gasteiger partial charge in [-0.25, -0.2) is 5.43 Å². The number of hydrazone groups is 1. The van der Waals surface area contributed by atoms with E-state index in [0.717, 1.165) is 11.3 Å². The van der Waals surface area contributed by atoms with Crippen molar-refractivity contribution in [3.8, 4) is 11.5 Å². The van der Waals surface area contributed by atoms with Gasteiger partial charge in [-0.2, -0.15) is 5.10 Å².